The average Bonchev–Trinajstić information content (AvgIpc) is 3.05. The van der Waals surface area contributed by atoms with Crippen LogP contribution in [0.3, 0.4) is 0 Å². The van der Waals surface area contributed by atoms with Crippen molar-refractivity contribution in [3.05, 3.63) is 17.9 Å². The number of nitrogens with zero attached hydrogens (tertiary/aromatic N) is 1. The van der Waals surface area contributed by atoms with Crippen molar-refractivity contribution in [2.45, 2.75) is 77.6 Å². The summed E-state index contributed by atoms with van der Waals surface area (Å²) in [5.74, 6) is 1.12. The normalized spacial score (nSPS) is 11.9. The van der Waals surface area contributed by atoms with Crippen LogP contribution in [0.2, 0.25) is 0 Å². The van der Waals surface area contributed by atoms with E-state index in [1.54, 1.807) is 0 Å². The smallest absolute Gasteiger partial charge is 0.299 e. The zero-order valence-electron chi connectivity index (χ0n) is 17.8. The van der Waals surface area contributed by atoms with Gasteiger partial charge in [-0.05, 0) is 18.9 Å². The lowest BCUT2D eigenvalue weighted by Crippen LogP contribution is -2.35. The van der Waals surface area contributed by atoms with Gasteiger partial charge in [-0.15, -0.1) is 0 Å². The molecule has 0 amide bonds. The molecule has 0 fully saturated rings. The van der Waals surface area contributed by atoms with Crippen LogP contribution in [0.1, 0.15) is 76.7 Å². The topological polar surface area (TPSA) is 79.6 Å². The molecule has 0 N–H and O–H groups in total. The Balaban J connectivity index is 0.000000972. The summed E-state index contributed by atoms with van der Waals surface area (Å²) in [5.41, 5.74) is 1.39. The second-order valence-corrected chi connectivity index (χ2v) is 8.92. The maximum absolute atomic E-state index is 9.22. The van der Waals surface area contributed by atoms with Crippen LogP contribution in [0, 0.1) is 0 Å². The molecule has 0 spiro atoms. The van der Waals surface area contributed by atoms with Gasteiger partial charge in [-0.3, -0.25) is 8.67 Å². The van der Waals surface area contributed by atoms with E-state index in [1.807, 2.05) is 6.26 Å². The van der Waals surface area contributed by atoms with E-state index in [2.05, 4.69) is 38.3 Å². The van der Waals surface area contributed by atoms with Crippen molar-refractivity contribution in [2.75, 3.05) is 28.3 Å². The van der Waals surface area contributed by atoms with E-state index < -0.39 is 10.4 Å². The van der Waals surface area contributed by atoms with Gasteiger partial charge < -0.3 is 8.97 Å². The molecule has 1 aromatic rings. The summed E-state index contributed by atoms with van der Waals surface area (Å²) in [6.45, 7) is 2.28. The highest BCUT2D eigenvalue weighted by atomic mass is 32.3. The Morgan fingerprint density at radius 3 is 1.81 bits per heavy atom. The van der Waals surface area contributed by atoms with E-state index in [9.17, 15) is 13.0 Å². The molecule has 7 heteroatoms. The Morgan fingerprint density at radius 2 is 1.41 bits per heavy atom. The van der Waals surface area contributed by atoms with E-state index in [4.69, 9.17) is 4.42 Å². The van der Waals surface area contributed by atoms with Crippen molar-refractivity contribution in [3.63, 3.8) is 0 Å². The van der Waals surface area contributed by atoms with Crippen LogP contribution < -0.4 is 4.48 Å². The second kappa shape index (κ2) is 14.2. The van der Waals surface area contributed by atoms with Crippen molar-refractivity contribution >= 4 is 16.3 Å². The van der Waals surface area contributed by atoms with Crippen molar-refractivity contribution < 1.29 is 21.6 Å². The third kappa shape index (κ3) is 14.8. The molecule has 160 valence electrons. The Morgan fingerprint density at radius 1 is 0.963 bits per heavy atom. The van der Waals surface area contributed by atoms with E-state index in [-0.39, 0.29) is 0 Å². The molecule has 0 bridgehead atoms. The molecule has 0 aliphatic carbocycles. The predicted octanol–water partition coefficient (Wildman–Crippen LogP) is 5.03. The molecule has 0 saturated heterocycles. The van der Waals surface area contributed by atoms with Crippen LogP contribution in [0.25, 0.3) is 0 Å². The van der Waals surface area contributed by atoms with Gasteiger partial charge in [0.25, 0.3) is 5.88 Å². The molecule has 0 saturated carbocycles. The first-order chi connectivity index (χ1) is 12.6. The number of aryl methyl sites for hydroxylation is 1. The first-order valence-corrected chi connectivity index (χ1v) is 11.3. The minimum absolute atomic E-state index is 0.778. The third-order valence-electron chi connectivity index (χ3n) is 4.34. The molecule has 0 aliphatic rings. The first kappa shape index (κ1) is 26.1. The van der Waals surface area contributed by atoms with Gasteiger partial charge in [0.2, 0.25) is 10.4 Å². The fourth-order valence-corrected chi connectivity index (χ4v) is 2.91. The number of rotatable bonds is 13. The zero-order chi connectivity index (χ0) is 20.8. The minimum Gasteiger partial charge on any atom is -0.726 e. The van der Waals surface area contributed by atoms with Crippen molar-refractivity contribution in [2.24, 2.45) is 0 Å². The van der Waals surface area contributed by atoms with Gasteiger partial charge in [-0.1, -0.05) is 64.7 Å². The summed E-state index contributed by atoms with van der Waals surface area (Å²) in [4.78, 5) is 0. The summed E-state index contributed by atoms with van der Waals surface area (Å²) < 4.78 is 37.4. The van der Waals surface area contributed by atoms with E-state index in [0.717, 1.165) is 23.9 Å². The van der Waals surface area contributed by atoms with Crippen LogP contribution in [0.4, 0.5) is 5.88 Å². The first-order valence-electron chi connectivity index (χ1n) is 10.0. The Labute approximate surface area is 166 Å². The van der Waals surface area contributed by atoms with Crippen LogP contribution in [-0.2, 0) is 21.0 Å². The molecule has 0 unspecified atom stereocenters. The summed E-state index contributed by atoms with van der Waals surface area (Å²) in [6, 6.07) is 2.15. The van der Waals surface area contributed by atoms with Crippen LogP contribution in [-0.4, -0.2) is 41.2 Å². The third-order valence-corrected chi connectivity index (χ3v) is 4.74. The molecule has 1 aromatic heterocycles. The average molecular weight is 406 g/mol. The van der Waals surface area contributed by atoms with Crippen LogP contribution in [0.5, 0.6) is 0 Å². The molecule has 27 heavy (non-hydrogen) atoms. The monoisotopic (exact) mass is 405 g/mol. The largest absolute Gasteiger partial charge is 0.726 e. The molecule has 0 radical (unpaired) electrons. The number of unbranched alkanes of at least 4 members (excludes halogenated alkanes) is 9. The molecular formula is C20H39NO5S. The predicted molar refractivity (Wildman–Crippen MR) is 111 cm³/mol. The summed E-state index contributed by atoms with van der Waals surface area (Å²) >= 11 is 0. The molecule has 0 aromatic carbocycles. The quantitative estimate of drug-likeness (QED) is 0.199. The second-order valence-electron chi connectivity index (χ2n) is 7.77. The molecule has 0 atom stereocenters. The summed E-state index contributed by atoms with van der Waals surface area (Å²) in [7, 11) is 2.90. The maximum Gasteiger partial charge on any atom is 0.299 e. The van der Waals surface area contributed by atoms with Gasteiger partial charge in [0.1, 0.15) is 0 Å². The standard InChI is InChI=1S/C19H36NO.CH4O4S/c1-5-6-7-8-9-10-11-12-13-14-15-18-16-17-21-19(18)20(2,3)4;1-5-6(2,3)4/h16-17H,5-15H2,1-4H3;1H3,(H,2,3,4)/q+1;/p-1. The van der Waals surface area contributed by atoms with Crippen LogP contribution in [0.15, 0.2) is 16.7 Å². The van der Waals surface area contributed by atoms with E-state index >= 15 is 0 Å². The Bertz CT molecular complexity index is 575. The van der Waals surface area contributed by atoms with E-state index in [1.165, 1.54) is 69.8 Å². The molecule has 1 rings (SSSR count). The van der Waals surface area contributed by atoms with Crippen molar-refractivity contribution in [1.82, 2.24) is 4.48 Å². The minimum atomic E-state index is -4.41. The molecular weight excluding hydrogens is 366 g/mol. The fourth-order valence-electron chi connectivity index (χ4n) is 2.91. The molecule has 1 heterocycles. The molecule has 0 aliphatic heterocycles. The van der Waals surface area contributed by atoms with Gasteiger partial charge in [0, 0.05) is 0 Å². The Hall–Kier alpha value is -0.890. The molecule has 6 nitrogen and oxygen atoms in total. The number of hydrogen-bond donors (Lipinski definition) is 0. The van der Waals surface area contributed by atoms with Crippen molar-refractivity contribution in [3.8, 4) is 0 Å². The lowest BCUT2D eigenvalue weighted by molar-refractivity contribution is 0.314. The Kier molecular flexibility index (Phi) is 13.7. The van der Waals surface area contributed by atoms with Gasteiger partial charge >= 0.3 is 0 Å². The van der Waals surface area contributed by atoms with Gasteiger partial charge in [0.15, 0.2) is 0 Å². The lowest BCUT2D eigenvalue weighted by atomic mass is 10.0. The lowest BCUT2D eigenvalue weighted by Gasteiger charge is -2.21. The van der Waals surface area contributed by atoms with Gasteiger partial charge in [-0.2, -0.15) is 0 Å². The highest BCUT2D eigenvalue weighted by Gasteiger charge is 2.20. The summed E-state index contributed by atoms with van der Waals surface area (Å²) in [5, 5.41) is 0. The van der Waals surface area contributed by atoms with Crippen molar-refractivity contribution in [1.29, 1.82) is 0 Å². The van der Waals surface area contributed by atoms with E-state index in [0.29, 0.717) is 0 Å². The van der Waals surface area contributed by atoms with Crippen LogP contribution >= 0.6 is 0 Å². The number of quaternary nitrogens is 1. The SMILES string of the molecule is CCCCCCCCCCCCc1ccoc1[N+](C)(C)C.COS(=O)(=O)[O-]. The fraction of sp³-hybridized carbons (Fsp3) is 0.800. The number of furan rings is 1. The number of hydrogen-bond acceptors (Lipinski definition) is 5. The highest BCUT2D eigenvalue weighted by molar-refractivity contribution is 7.80. The van der Waals surface area contributed by atoms with Gasteiger partial charge in [-0.25, -0.2) is 8.42 Å². The highest BCUT2D eigenvalue weighted by Crippen LogP contribution is 2.25. The zero-order valence-corrected chi connectivity index (χ0v) is 18.6. The summed E-state index contributed by atoms with van der Waals surface area (Å²) in [6.07, 6.45) is 17.0. The maximum atomic E-state index is 9.22. The van der Waals surface area contributed by atoms with Gasteiger partial charge in [0.05, 0.1) is 40.1 Å².